The van der Waals surface area contributed by atoms with Crippen molar-refractivity contribution in [2.75, 3.05) is 11.4 Å². The number of rotatable bonds is 6. The number of hydrogen-bond acceptors (Lipinski definition) is 2. The highest BCUT2D eigenvalue weighted by molar-refractivity contribution is 6.30. The van der Waals surface area contributed by atoms with Crippen LogP contribution in [-0.4, -0.2) is 18.6 Å². The standard InChI is InChI=1S/C18H29ClN2/c1-4-7-17-8-5-6-11-21(17)18-10-9-16(19)12-15(18)13-20-14(2)3/h9-10,12,14,17,20H,4-8,11,13H2,1-3H3. The number of hydrogen-bond donors (Lipinski definition) is 1. The minimum atomic E-state index is 0.490. The molecule has 1 fully saturated rings. The van der Waals surface area contributed by atoms with Crippen molar-refractivity contribution in [2.45, 2.75) is 71.5 Å². The molecule has 0 radical (unpaired) electrons. The fourth-order valence-corrected chi connectivity index (χ4v) is 3.44. The summed E-state index contributed by atoms with van der Waals surface area (Å²) in [6, 6.07) is 7.57. The largest absolute Gasteiger partial charge is 0.368 e. The molecule has 1 unspecified atom stereocenters. The molecule has 1 aliphatic heterocycles. The molecule has 0 saturated carbocycles. The van der Waals surface area contributed by atoms with Crippen molar-refractivity contribution in [3.05, 3.63) is 28.8 Å². The number of halogens is 1. The van der Waals surface area contributed by atoms with E-state index >= 15 is 0 Å². The Labute approximate surface area is 134 Å². The average molecular weight is 309 g/mol. The minimum absolute atomic E-state index is 0.490. The first-order chi connectivity index (χ1) is 10.1. The van der Waals surface area contributed by atoms with Gasteiger partial charge in [-0.3, -0.25) is 0 Å². The van der Waals surface area contributed by atoms with E-state index in [2.05, 4.69) is 43.1 Å². The SMILES string of the molecule is CCCC1CCCCN1c1ccc(Cl)cc1CNC(C)C. The zero-order valence-corrected chi connectivity index (χ0v) is 14.4. The third-order valence-corrected chi connectivity index (χ3v) is 4.54. The van der Waals surface area contributed by atoms with Crippen LogP contribution in [0.1, 0.15) is 58.4 Å². The summed E-state index contributed by atoms with van der Waals surface area (Å²) >= 11 is 6.22. The van der Waals surface area contributed by atoms with Crippen LogP contribution in [-0.2, 0) is 6.54 Å². The highest BCUT2D eigenvalue weighted by Crippen LogP contribution is 2.31. The second-order valence-electron chi connectivity index (χ2n) is 6.44. The molecule has 0 spiro atoms. The number of nitrogens with one attached hydrogen (secondary N) is 1. The number of benzene rings is 1. The zero-order valence-electron chi connectivity index (χ0n) is 13.7. The fourth-order valence-electron chi connectivity index (χ4n) is 3.24. The van der Waals surface area contributed by atoms with E-state index in [0.29, 0.717) is 12.1 Å². The smallest absolute Gasteiger partial charge is 0.0415 e. The molecule has 1 aromatic carbocycles. The highest BCUT2D eigenvalue weighted by atomic mass is 35.5. The van der Waals surface area contributed by atoms with Gasteiger partial charge in [0.25, 0.3) is 0 Å². The topological polar surface area (TPSA) is 15.3 Å². The van der Waals surface area contributed by atoms with E-state index in [0.717, 1.165) is 11.6 Å². The van der Waals surface area contributed by atoms with Crippen molar-refractivity contribution >= 4 is 17.3 Å². The Hall–Kier alpha value is -0.730. The molecular weight excluding hydrogens is 280 g/mol. The van der Waals surface area contributed by atoms with Gasteiger partial charge in [0, 0.05) is 35.9 Å². The van der Waals surface area contributed by atoms with E-state index in [1.165, 1.54) is 49.9 Å². The Morgan fingerprint density at radius 2 is 2.14 bits per heavy atom. The maximum Gasteiger partial charge on any atom is 0.0415 e. The number of piperidine rings is 1. The molecule has 0 amide bonds. The molecule has 118 valence electrons. The molecular formula is C18H29ClN2. The first-order valence-corrected chi connectivity index (χ1v) is 8.78. The predicted molar refractivity (Wildman–Crippen MR) is 93.3 cm³/mol. The van der Waals surface area contributed by atoms with Crippen LogP contribution >= 0.6 is 11.6 Å². The molecule has 1 atom stereocenters. The van der Waals surface area contributed by atoms with Crippen molar-refractivity contribution in [1.29, 1.82) is 0 Å². The lowest BCUT2D eigenvalue weighted by atomic mass is 9.96. The Bertz CT molecular complexity index is 443. The van der Waals surface area contributed by atoms with Crippen molar-refractivity contribution in [1.82, 2.24) is 5.32 Å². The quantitative estimate of drug-likeness (QED) is 0.796. The summed E-state index contributed by atoms with van der Waals surface area (Å²) in [5.41, 5.74) is 2.71. The molecule has 21 heavy (non-hydrogen) atoms. The average Bonchev–Trinajstić information content (AvgIpc) is 2.46. The summed E-state index contributed by atoms with van der Waals surface area (Å²) in [6.07, 6.45) is 6.55. The zero-order chi connectivity index (χ0) is 15.2. The Morgan fingerprint density at radius 1 is 1.33 bits per heavy atom. The summed E-state index contributed by atoms with van der Waals surface area (Å²) in [4.78, 5) is 2.63. The van der Waals surface area contributed by atoms with Crippen LogP contribution in [0.5, 0.6) is 0 Å². The van der Waals surface area contributed by atoms with E-state index in [1.54, 1.807) is 0 Å². The fraction of sp³-hybridized carbons (Fsp3) is 0.667. The van der Waals surface area contributed by atoms with Crippen LogP contribution < -0.4 is 10.2 Å². The van der Waals surface area contributed by atoms with E-state index in [9.17, 15) is 0 Å². The lowest BCUT2D eigenvalue weighted by Crippen LogP contribution is -2.40. The first kappa shape index (κ1) is 16.6. The summed E-state index contributed by atoms with van der Waals surface area (Å²) in [5.74, 6) is 0. The van der Waals surface area contributed by atoms with E-state index in [4.69, 9.17) is 11.6 Å². The minimum Gasteiger partial charge on any atom is -0.368 e. The highest BCUT2D eigenvalue weighted by Gasteiger charge is 2.23. The molecule has 0 bridgehead atoms. The number of anilines is 1. The lowest BCUT2D eigenvalue weighted by Gasteiger charge is -2.39. The van der Waals surface area contributed by atoms with Gasteiger partial charge in [0.15, 0.2) is 0 Å². The molecule has 1 saturated heterocycles. The first-order valence-electron chi connectivity index (χ1n) is 8.40. The second-order valence-corrected chi connectivity index (χ2v) is 6.88. The molecule has 2 nitrogen and oxygen atoms in total. The second kappa shape index (κ2) is 8.05. The van der Waals surface area contributed by atoms with Gasteiger partial charge in [0.2, 0.25) is 0 Å². The third-order valence-electron chi connectivity index (χ3n) is 4.30. The van der Waals surface area contributed by atoms with E-state index < -0.39 is 0 Å². The van der Waals surface area contributed by atoms with Gasteiger partial charge in [-0.2, -0.15) is 0 Å². The molecule has 1 aromatic rings. The molecule has 2 rings (SSSR count). The van der Waals surface area contributed by atoms with Gasteiger partial charge in [-0.15, -0.1) is 0 Å². The van der Waals surface area contributed by atoms with Gasteiger partial charge in [-0.05, 0) is 49.4 Å². The van der Waals surface area contributed by atoms with Crippen molar-refractivity contribution < 1.29 is 0 Å². The molecule has 0 aromatic heterocycles. The van der Waals surface area contributed by atoms with E-state index in [-0.39, 0.29) is 0 Å². The van der Waals surface area contributed by atoms with Crippen LogP contribution in [0.2, 0.25) is 5.02 Å². The normalized spacial score (nSPS) is 19.3. The molecule has 3 heteroatoms. The van der Waals surface area contributed by atoms with Gasteiger partial charge in [-0.1, -0.05) is 38.8 Å². The summed E-state index contributed by atoms with van der Waals surface area (Å²) in [5, 5.41) is 4.37. The molecule has 0 aliphatic carbocycles. The van der Waals surface area contributed by atoms with Crippen molar-refractivity contribution in [3.63, 3.8) is 0 Å². The summed E-state index contributed by atoms with van der Waals surface area (Å²) in [7, 11) is 0. The van der Waals surface area contributed by atoms with Gasteiger partial charge < -0.3 is 10.2 Å². The van der Waals surface area contributed by atoms with Crippen LogP contribution in [0.15, 0.2) is 18.2 Å². The summed E-state index contributed by atoms with van der Waals surface area (Å²) in [6.45, 7) is 8.73. The van der Waals surface area contributed by atoms with Crippen molar-refractivity contribution in [2.24, 2.45) is 0 Å². The van der Waals surface area contributed by atoms with Crippen molar-refractivity contribution in [3.8, 4) is 0 Å². The van der Waals surface area contributed by atoms with Crippen LogP contribution in [0.25, 0.3) is 0 Å². The van der Waals surface area contributed by atoms with Gasteiger partial charge >= 0.3 is 0 Å². The maximum atomic E-state index is 6.22. The maximum absolute atomic E-state index is 6.22. The molecule has 1 N–H and O–H groups in total. The van der Waals surface area contributed by atoms with Crippen LogP contribution in [0.3, 0.4) is 0 Å². The van der Waals surface area contributed by atoms with Crippen LogP contribution in [0.4, 0.5) is 5.69 Å². The molecule has 1 aliphatic rings. The monoisotopic (exact) mass is 308 g/mol. The van der Waals surface area contributed by atoms with Crippen LogP contribution in [0, 0.1) is 0 Å². The van der Waals surface area contributed by atoms with E-state index in [1.807, 2.05) is 6.07 Å². The van der Waals surface area contributed by atoms with Gasteiger partial charge in [0.1, 0.15) is 0 Å². The third kappa shape index (κ3) is 4.62. The Morgan fingerprint density at radius 3 is 2.86 bits per heavy atom. The Balaban J connectivity index is 2.23. The molecule has 1 heterocycles. The van der Waals surface area contributed by atoms with Gasteiger partial charge in [-0.25, -0.2) is 0 Å². The predicted octanol–water partition coefficient (Wildman–Crippen LogP) is 5.00. The Kier molecular flexibility index (Phi) is 6.38. The lowest BCUT2D eigenvalue weighted by molar-refractivity contribution is 0.433. The summed E-state index contributed by atoms with van der Waals surface area (Å²) < 4.78 is 0. The van der Waals surface area contributed by atoms with Gasteiger partial charge in [0.05, 0.1) is 0 Å². The number of nitrogens with zero attached hydrogens (tertiary/aromatic N) is 1.